The smallest absolute Gasteiger partial charge is 0.124 e. The fourth-order valence-corrected chi connectivity index (χ4v) is 1.88. The second kappa shape index (κ2) is 5.26. The quantitative estimate of drug-likeness (QED) is 0.888. The predicted molar refractivity (Wildman–Crippen MR) is 69.7 cm³/mol. The molecule has 0 bridgehead atoms. The molecule has 0 radical (unpaired) electrons. The van der Waals surface area contributed by atoms with E-state index in [2.05, 4.69) is 0 Å². The molecule has 18 heavy (non-hydrogen) atoms. The Bertz CT molecular complexity index is 406. The average Bonchev–Trinajstić information content (AvgIpc) is 2.38. The van der Waals surface area contributed by atoms with Crippen LogP contribution in [-0.2, 0) is 9.47 Å². The molecule has 4 nitrogen and oxygen atoms in total. The highest BCUT2D eigenvalue weighted by atomic mass is 16.6. The summed E-state index contributed by atoms with van der Waals surface area (Å²) in [6, 6.07) is 7.67. The van der Waals surface area contributed by atoms with Crippen LogP contribution < -0.4 is 10.5 Å². The number of rotatable bonds is 4. The van der Waals surface area contributed by atoms with Gasteiger partial charge in [-0.25, -0.2) is 0 Å². The van der Waals surface area contributed by atoms with Gasteiger partial charge in [0.15, 0.2) is 0 Å². The molecule has 1 aliphatic heterocycles. The van der Waals surface area contributed by atoms with Crippen LogP contribution in [0, 0.1) is 0 Å². The molecule has 2 rings (SSSR count). The van der Waals surface area contributed by atoms with E-state index in [9.17, 15) is 0 Å². The Labute approximate surface area is 108 Å². The first-order valence-electron chi connectivity index (χ1n) is 6.17. The molecular weight excluding hydrogens is 230 g/mol. The fourth-order valence-electron chi connectivity index (χ4n) is 1.88. The third kappa shape index (κ3) is 2.83. The van der Waals surface area contributed by atoms with Crippen LogP contribution in [0.3, 0.4) is 0 Å². The molecule has 4 heteroatoms. The highest BCUT2D eigenvalue weighted by Crippen LogP contribution is 2.31. The van der Waals surface area contributed by atoms with Crippen LogP contribution in [0.25, 0.3) is 0 Å². The summed E-state index contributed by atoms with van der Waals surface area (Å²) in [4.78, 5) is 0. The summed E-state index contributed by atoms with van der Waals surface area (Å²) in [5, 5.41) is 0. The zero-order valence-electron chi connectivity index (χ0n) is 11.2. The first-order valence-corrected chi connectivity index (χ1v) is 6.17. The Morgan fingerprint density at radius 3 is 2.83 bits per heavy atom. The van der Waals surface area contributed by atoms with E-state index in [1.54, 1.807) is 7.11 Å². The van der Waals surface area contributed by atoms with Crippen molar-refractivity contribution >= 4 is 0 Å². The first-order chi connectivity index (χ1) is 8.53. The highest BCUT2D eigenvalue weighted by Gasteiger charge is 2.30. The summed E-state index contributed by atoms with van der Waals surface area (Å²) >= 11 is 0. The fraction of sp³-hybridized carbons (Fsp3) is 0.571. The Balaban J connectivity index is 2.01. The van der Waals surface area contributed by atoms with Gasteiger partial charge >= 0.3 is 0 Å². The van der Waals surface area contributed by atoms with E-state index in [1.807, 2.05) is 38.1 Å². The number of hydrogen-bond acceptors (Lipinski definition) is 4. The van der Waals surface area contributed by atoms with Gasteiger partial charge in [0.2, 0.25) is 0 Å². The molecule has 0 saturated heterocycles. The van der Waals surface area contributed by atoms with Gasteiger partial charge in [0, 0.05) is 12.7 Å². The zero-order valence-corrected chi connectivity index (χ0v) is 11.2. The van der Waals surface area contributed by atoms with Gasteiger partial charge in [-0.15, -0.1) is 0 Å². The van der Waals surface area contributed by atoms with Crippen molar-refractivity contribution in [1.82, 2.24) is 0 Å². The topological polar surface area (TPSA) is 53.7 Å². The van der Waals surface area contributed by atoms with E-state index in [1.165, 1.54) is 0 Å². The van der Waals surface area contributed by atoms with Gasteiger partial charge in [-0.1, -0.05) is 18.2 Å². The predicted octanol–water partition coefficient (Wildman–Crippen LogP) is 1.89. The maximum atomic E-state index is 6.22. The second-order valence-corrected chi connectivity index (χ2v) is 5.19. The molecule has 1 aromatic carbocycles. The van der Waals surface area contributed by atoms with Crippen LogP contribution in [0.2, 0.25) is 0 Å². The summed E-state index contributed by atoms with van der Waals surface area (Å²) in [5.74, 6) is 0.857. The Morgan fingerprint density at radius 1 is 1.39 bits per heavy atom. The van der Waals surface area contributed by atoms with Crippen molar-refractivity contribution in [1.29, 1.82) is 0 Å². The minimum atomic E-state index is -0.309. The molecule has 2 atom stereocenters. The average molecular weight is 251 g/mol. The van der Waals surface area contributed by atoms with Crippen LogP contribution in [0.1, 0.15) is 25.5 Å². The molecule has 0 spiro atoms. The monoisotopic (exact) mass is 251 g/mol. The summed E-state index contributed by atoms with van der Waals surface area (Å²) in [6.45, 7) is 4.94. The number of hydrogen-bond donors (Lipinski definition) is 1. The molecule has 100 valence electrons. The summed E-state index contributed by atoms with van der Waals surface area (Å²) in [6.07, 6.45) is -0.130. The molecule has 0 aliphatic carbocycles. The number of methoxy groups -OCH3 is 1. The highest BCUT2D eigenvalue weighted by molar-refractivity contribution is 5.38. The van der Waals surface area contributed by atoms with Gasteiger partial charge < -0.3 is 19.9 Å². The third-order valence-electron chi connectivity index (χ3n) is 3.28. The van der Waals surface area contributed by atoms with E-state index in [-0.39, 0.29) is 17.7 Å². The van der Waals surface area contributed by atoms with Crippen molar-refractivity contribution in [2.24, 2.45) is 5.73 Å². The van der Waals surface area contributed by atoms with Crippen LogP contribution >= 0.6 is 0 Å². The van der Waals surface area contributed by atoms with Crippen LogP contribution in [-0.4, -0.2) is 32.0 Å². The minimum absolute atomic E-state index is 0.130. The van der Waals surface area contributed by atoms with E-state index < -0.39 is 0 Å². The van der Waals surface area contributed by atoms with Gasteiger partial charge in [-0.3, -0.25) is 0 Å². The molecule has 0 saturated carbocycles. The summed E-state index contributed by atoms with van der Waals surface area (Å²) in [7, 11) is 1.68. The van der Waals surface area contributed by atoms with E-state index in [4.69, 9.17) is 19.9 Å². The second-order valence-electron chi connectivity index (χ2n) is 5.19. The van der Waals surface area contributed by atoms with Gasteiger partial charge in [0.25, 0.3) is 0 Å². The minimum Gasteiger partial charge on any atom is -0.490 e. The lowest BCUT2D eigenvalue weighted by molar-refractivity contribution is -0.0932. The Morgan fingerprint density at radius 2 is 2.11 bits per heavy atom. The van der Waals surface area contributed by atoms with E-state index >= 15 is 0 Å². The van der Waals surface area contributed by atoms with E-state index in [0.717, 1.165) is 11.3 Å². The molecule has 0 amide bonds. The summed E-state index contributed by atoms with van der Waals surface area (Å²) < 4.78 is 16.8. The van der Waals surface area contributed by atoms with E-state index in [0.29, 0.717) is 13.2 Å². The van der Waals surface area contributed by atoms with Gasteiger partial charge in [-0.05, 0) is 19.9 Å². The molecule has 0 unspecified atom stereocenters. The SMILES string of the molecule is COC(C)(C)CO[C@H]1COc2ccccc2[C@@H]1N. The maximum Gasteiger partial charge on any atom is 0.124 e. The van der Waals surface area contributed by atoms with Crippen LogP contribution in [0.5, 0.6) is 5.75 Å². The van der Waals surface area contributed by atoms with Crippen molar-refractivity contribution < 1.29 is 14.2 Å². The molecule has 1 aromatic rings. The van der Waals surface area contributed by atoms with Crippen molar-refractivity contribution in [3.63, 3.8) is 0 Å². The number of fused-ring (bicyclic) bond motifs is 1. The van der Waals surface area contributed by atoms with Crippen molar-refractivity contribution in [3.05, 3.63) is 29.8 Å². The van der Waals surface area contributed by atoms with Gasteiger partial charge in [-0.2, -0.15) is 0 Å². The van der Waals surface area contributed by atoms with Crippen molar-refractivity contribution in [3.8, 4) is 5.75 Å². The molecule has 0 aromatic heterocycles. The van der Waals surface area contributed by atoms with Crippen LogP contribution in [0.4, 0.5) is 0 Å². The third-order valence-corrected chi connectivity index (χ3v) is 3.28. The van der Waals surface area contributed by atoms with Gasteiger partial charge in [0.1, 0.15) is 18.5 Å². The molecule has 1 aliphatic rings. The molecular formula is C14H21NO3. The standard InChI is InChI=1S/C14H21NO3/c1-14(2,16-3)9-18-12-8-17-11-7-5-4-6-10(11)13(12)15/h4-7,12-13H,8-9,15H2,1-3H3/t12-,13-/m0/s1. The molecule has 1 heterocycles. The number of benzene rings is 1. The lowest BCUT2D eigenvalue weighted by Gasteiger charge is -2.33. The Hall–Kier alpha value is -1.10. The maximum absolute atomic E-state index is 6.22. The normalized spacial score (nSPS) is 23.3. The molecule has 0 fully saturated rings. The Kier molecular flexibility index (Phi) is 3.90. The van der Waals surface area contributed by atoms with Crippen molar-refractivity contribution in [2.75, 3.05) is 20.3 Å². The van der Waals surface area contributed by atoms with Gasteiger partial charge in [0.05, 0.1) is 18.2 Å². The number of para-hydroxylation sites is 1. The lowest BCUT2D eigenvalue weighted by atomic mass is 9.99. The zero-order chi connectivity index (χ0) is 13.2. The van der Waals surface area contributed by atoms with Crippen LogP contribution in [0.15, 0.2) is 24.3 Å². The molecule has 2 N–H and O–H groups in total. The number of ether oxygens (including phenoxy) is 3. The largest absolute Gasteiger partial charge is 0.490 e. The lowest BCUT2D eigenvalue weighted by Crippen LogP contribution is -2.41. The summed E-state index contributed by atoms with van der Waals surface area (Å²) in [5.41, 5.74) is 6.91. The number of nitrogens with two attached hydrogens (primary N) is 1. The van der Waals surface area contributed by atoms with Crippen molar-refractivity contribution in [2.45, 2.75) is 31.6 Å². The first kappa shape index (κ1) is 13.3.